The molecule has 2 aliphatic heterocycles. The molecule has 0 amide bonds. The lowest BCUT2D eigenvalue weighted by Crippen LogP contribution is -2.43. The Kier molecular flexibility index (Phi) is 7.60. The highest BCUT2D eigenvalue weighted by Crippen LogP contribution is 2.38. The first kappa shape index (κ1) is 27.5. The first-order chi connectivity index (χ1) is 19.8. The first-order valence-corrected chi connectivity index (χ1v) is 14.9. The fraction of sp³-hybridized carbons (Fsp3) is 0.296. The first-order valence-electron chi connectivity index (χ1n) is 13.1. The van der Waals surface area contributed by atoms with E-state index in [0.717, 1.165) is 36.2 Å². The normalized spacial score (nSPS) is 18.1. The van der Waals surface area contributed by atoms with E-state index in [2.05, 4.69) is 24.9 Å². The number of halogens is 3. The van der Waals surface area contributed by atoms with Gasteiger partial charge in [0.1, 0.15) is 11.9 Å². The molecule has 10 nitrogen and oxygen atoms in total. The smallest absolute Gasteiger partial charge is 0.301 e. The fourth-order valence-electron chi connectivity index (χ4n) is 5.00. The molecule has 6 rings (SSSR count). The quantitative estimate of drug-likeness (QED) is 0.331. The van der Waals surface area contributed by atoms with Crippen LogP contribution in [0.15, 0.2) is 61.2 Å². The summed E-state index contributed by atoms with van der Waals surface area (Å²) in [6.45, 7) is 3.28. The minimum Gasteiger partial charge on any atom is -0.368 e. The number of pyridine rings is 2. The number of anilines is 2. The summed E-state index contributed by atoms with van der Waals surface area (Å²) < 4.78 is 60.2. The molecule has 41 heavy (non-hydrogen) atoms. The lowest BCUT2D eigenvalue weighted by atomic mass is 10.0. The maximum atomic E-state index is 16.0. The van der Waals surface area contributed by atoms with Gasteiger partial charge in [0.25, 0.3) is 0 Å². The molecule has 0 radical (unpaired) electrons. The zero-order valence-corrected chi connectivity index (χ0v) is 23.4. The summed E-state index contributed by atoms with van der Waals surface area (Å²) >= 11 is 6.36. The molecule has 1 atom stereocenters. The summed E-state index contributed by atoms with van der Waals surface area (Å²) in [6.07, 6.45) is 5.43. The molecule has 2 saturated heterocycles. The van der Waals surface area contributed by atoms with Crippen LogP contribution in [0.4, 0.5) is 20.2 Å². The van der Waals surface area contributed by atoms with E-state index in [4.69, 9.17) is 16.7 Å². The molecule has 0 unspecified atom stereocenters. The van der Waals surface area contributed by atoms with Gasteiger partial charge in [-0.3, -0.25) is 9.71 Å². The number of aromatic nitrogens is 4. The summed E-state index contributed by atoms with van der Waals surface area (Å²) in [5, 5.41) is 8.15. The van der Waals surface area contributed by atoms with Crippen LogP contribution in [0.1, 0.15) is 6.42 Å². The van der Waals surface area contributed by atoms with Crippen LogP contribution in [-0.2, 0) is 10.2 Å². The number of benzene rings is 1. The monoisotopic (exact) mass is 600 g/mol. The minimum absolute atomic E-state index is 0.00490. The molecule has 2 aliphatic rings. The van der Waals surface area contributed by atoms with E-state index >= 15 is 4.39 Å². The van der Waals surface area contributed by atoms with Gasteiger partial charge in [0, 0.05) is 79.6 Å². The summed E-state index contributed by atoms with van der Waals surface area (Å²) in [6, 6.07) is 9.89. The maximum Gasteiger partial charge on any atom is 0.301 e. The van der Waals surface area contributed by atoms with Crippen LogP contribution in [0.5, 0.6) is 0 Å². The highest BCUT2D eigenvalue weighted by Gasteiger charge is 2.32. The van der Waals surface area contributed by atoms with Crippen molar-refractivity contribution in [1.82, 2.24) is 29.4 Å². The van der Waals surface area contributed by atoms with Crippen LogP contribution in [0, 0.1) is 5.82 Å². The molecule has 0 spiro atoms. The van der Waals surface area contributed by atoms with E-state index in [1.807, 2.05) is 12.1 Å². The Labute approximate surface area is 241 Å². The molecule has 0 aliphatic carbocycles. The highest BCUT2D eigenvalue weighted by atomic mass is 35.5. The number of hydrogen-bond acceptors (Lipinski definition) is 7. The van der Waals surface area contributed by atoms with E-state index in [0.29, 0.717) is 22.6 Å². The van der Waals surface area contributed by atoms with Gasteiger partial charge in [0.15, 0.2) is 11.6 Å². The van der Waals surface area contributed by atoms with Crippen LogP contribution in [0.25, 0.3) is 28.2 Å². The van der Waals surface area contributed by atoms with Crippen molar-refractivity contribution in [3.05, 3.63) is 72.0 Å². The summed E-state index contributed by atoms with van der Waals surface area (Å²) in [5.41, 5.74) is 2.15. The average molecular weight is 601 g/mol. The SMILES string of the molecule is O=S(=O)(Nc1cc(Cl)cc(-c2cn(-c3ccc(N4CCNCC4)cn3)nc2-c2ccncc2)c1F)N1CC[C@@H](F)C1. The van der Waals surface area contributed by atoms with Crippen molar-refractivity contribution >= 4 is 33.2 Å². The average Bonchev–Trinajstić information content (AvgIpc) is 3.63. The molecule has 214 valence electrons. The Hall–Kier alpha value is -3.65. The third-order valence-electron chi connectivity index (χ3n) is 7.12. The predicted octanol–water partition coefficient (Wildman–Crippen LogP) is 3.90. The van der Waals surface area contributed by atoms with Crippen LogP contribution in [0.3, 0.4) is 0 Å². The summed E-state index contributed by atoms with van der Waals surface area (Å²) in [7, 11) is -4.20. The van der Waals surface area contributed by atoms with Gasteiger partial charge < -0.3 is 10.2 Å². The van der Waals surface area contributed by atoms with Crippen LogP contribution in [-0.4, -0.2) is 77.9 Å². The Morgan fingerprint density at radius 1 is 1.05 bits per heavy atom. The summed E-state index contributed by atoms with van der Waals surface area (Å²) in [5.74, 6) is -0.325. The predicted molar refractivity (Wildman–Crippen MR) is 154 cm³/mol. The molecule has 2 fully saturated rings. The standard InChI is InChI=1S/C27H27ClF2N8O2S/c28-19-13-22(26(30)24(14-19)35-41(39,40)37-10-5-20(29)16-37)23-17-38(34-27(23)18-3-6-31-7-4-18)25-2-1-21(15-33-25)36-11-8-32-9-12-36/h1-4,6-7,13-15,17,20,32,35H,5,8-12,16H2/t20-/m1/s1. The van der Waals surface area contributed by atoms with Crippen LogP contribution in [0.2, 0.25) is 5.02 Å². The van der Waals surface area contributed by atoms with Crippen molar-refractivity contribution in [2.45, 2.75) is 12.6 Å². The Morgan fingerprint density at radius 2 is 1.83 bits per heavy atom. The van der Waals surface area contributed by atoms with E-state index in [1.165, 1.54) is 12.1 Å². The molecule has 1 aromatic carbocycles. The van der Waals surface area contributed by atoms with Gasteiger partial charge in [-0.05, 0) is 42.8 Å². The van der Waals surface area contributed by atoms with Gasteiger partial charge in [0.05, 0.1) is 17.6 Å². The lowest BCUT2D eigenvalue weighted by Gasteiger charge is -2.29. The maximum absolute atomic E-state index is 16.0. The van der Waals surface area contributed by atoms with Crippen molar-refractivity contribution in [2.24, 2.45) is 0 Å². The highest BCUT2D eigenvalue weighted by molar-refractivity contribution is 7.90. The van der Waals surface area contributed by atoms with Gasteiger partial charge in [-0.25, -0.2) is 18.4 Å². The second-order valence-electron chi connectivity index (χ2n) is 9.85. The van der Waals surface area contributed by atoms with Crippen molar-refractivity contribution in [3.8, 4) is 28.2 Å². The van der Waals surface area contributed by atoms with Gasteiger partial charge in [-0.1, -0.05) is 11.6 Å². The zero-order valence-electron chi connectivity index (χ0n) is 21.8. The Morgan fingerprint density at radius 3 is 2.51 bits per heavy atom. The molecule has 5 heterocycles. The molecular formula is C27H27ClF2N8O2S. The van der Waals surface area contributed by atoms with Crippen molar-refractivity contribution in [2.75, 3.05) is 48.9 Å². The second kappa shape index (κ2) is 11.3. The third-order valence-corrected chi connectivity index (χ3v) is 8.82. The van der Waals surface area contributed by atoms with Crippen molar-refractivity contribution in [3.63, 3.8) is 0 Å². The number of nitrogens with one attached hydrogen (secondary N) is 2. The lowest BCUT2D eigenvalue weighted by molar-refractivity contribution is 0.343. The van der Waals surface area contributed by atoms with E-state index < -0.39 is 22.2 Å². The fourth-order valence-corrected chi connectivity index (χ4v) is 6.48. The zero-order chi connectivity index (χ0) is 28.6. The van der Waals surface area contributed by atoms with Gasteiger partial charge in [0.2, 0.25) is 0 Å². The number of piperazine rings is 1. The van der Waals surface area contributed by atoms with Gasteiger partial charge in [-0.2, -0.15) is 17.8 Å². The third kappa shape index (κ3) is 5.75. The molecule has 0 saturated carbocycles. The number of hydrogen-bond donors (Lipinski definition) is 2. The van der Waals surface area contributed by atoms with E-state index in [9.17, 15) is 12.8 Å². The molecule has 0 bridgehead atoms. The van der Waals surface area contributed by atoms with Gasteiger partial charge in [-0.15, -0.1) is 0 Å². The van der Waals surface area contributed by atoms with Crippen molar-refractivity contribution < 1.29 is 17.2 Å². The second-order valence-corrected chi connectivity index (χ2v) is 12.0. The molecular weight excluding hydrogens is 574 g/mol. The number of nitrogens with zero attached hydrogens (tertiary/aromatic N) is 6. The van der Waals surface area contributed by atoms with E-state index in [1.54, 1.807) is 41.6 Å². The Bertz CT molecular complexity index is 1650. The summed E-state index contributed by atoms with van der Waals surface area (Å²) in [4.78, 5) is 10.9. The molecule has 2 N–H and O–H groups in total. The number of alkyl halides is 1. The van der Waals surface area contributed by atoms with Crippen LogP contribution < -0.4 is 14.9 Å². The number of rotatable bonds is 7. The van der Waals surface area contributed by atoms with Crippen molar-refractivity contribution in [1.29, 1.82) is 0 Å². The minimum atomic E-state index is -4.20. The van der Waals surface area contributed by atoms with Crippen LogP contribution >= 0.6 is 11.6 Å². The Balaban J connectivity index is 1.39. The van der Waals surface area contributed by atoms with E-state index in [-0.39, 0.29) is 35.8 Å². The molecule has 3 aromatic heterocycles. The molecule has 4 aromatic rings. The molecule has 14 heteroatoms. The largest absolute Gasteiger partial charge is 0.368 e. The van der Waals surface area contributed by atoms with Gasteiger partial charge >= 0.3 is 10.2 Å². The topological polar surface area (TPSA) is 108 Å².